The summed E-state index contributed by atoms with van der Waals surface area (Å²) < 4.78 is 5.69. The molecule has 4 N–H and O–H groups in total. The zero-order chi connectivity index (χ0) is 23.7. The van der Waals surface area contributed by atoms with Gasteiger partial charge in [0.1, 0.15) is 0 Å². The minimum Gasteiger partial charge on any atom is -0.398 e. The topological polar surface area (TPSA) is 104 Å². The Kier molecular flexibility index (Phi) is 6.02. The van der Waals surface area contributed by atoms with Crippen LogP contribution in [0, 0.1) is 5.41 Å². The Hall–Kier alpha value is -3.71. The fourth-order valence-corrected chi connectivity index (χ4v) is 4.91. The first-order valence-corrected chi connectivity index (χ1v) is 11.7. The molecule has 7 heteroatoms. The highest BCUT2D eigenvalue weighted by atomic mass is 16.5. The van der Waals surface area contributed by atoms with Crippen LogP contribution in [0.2, 0.25) is 0 Å². The lowest BCUT2D eigenvalue weighted by molar-refractivity contribution is 0.0906. The number of amides is 1. The molecule has 1 amide bonds. The molecule has 2 aromatic carbocycles. The molecule has 3 heterocycles. The van der Waals surface area contributed by atoms with Crippen LogP contribution < -0.4 is 16.0 Å². The third-order valence-electron chi connectivity index (χ3n) is 6.76. The Morgan fingerprint density at radius 3 is 2.47 bits per heavy atom. The van der Waals surface area contributed by atoms with E-state index in [4.69, 9.17) is 15.9 Å². The largest absolute Gasteiger partial charge is 0.398 e. The van der Waals surface area contributed by atoms with Gasteiger partial charge in [-0.05, 0) is 62.2 Å². The van der Waals surface area contributed by atoms with E-state index < -0.39 is 0 Å². The van der Waals surface area contributed by atoms with Gasteiger partial charge in [0.15, 0.2) is 0 Å². The molecular weight excluding hydrogens is 426 g/mol. The summed E-state index contributed by atoms with van der Waals surface area (Å²) in [5, 5.41) is 11.7. The number of hydrogen-bond donors (Lipinski definition) is 3. The second-order valence-corrected chi connectivity index (χ2v) is 9.00. The molecule has 2 aliphatic rings. The molecule has 2 bridgehead atoms. The predicted octanol–water partition coefficient (Wildman–Crippen LogP) is 3.94. The van der Waals surface area contributed by atoms with E-state index in [1.807, 2.05) is 37.3 Å². The minimum absolute atomic E-state index is 0.231. The molecule has 2 aliphatic heterocycles. The van der Waals surface area contributed by atoms with Gasteiger partial charge < -0.3 is 20.7 Å². The fourth-order valence-electron chi connectivity index (χ4n) is 4.91. The molecule has 5 rings (SSSR count). The van der Waals surface area contributed by atoms with Gasteiger partial charge in [0, 0.05) is 34.3 Å². The van der Waals surface area contributed by atoms with E-state index in [0.29, 0.717) is 34.6 Å². The van der Waals surface area contributed by atoms with Crippen molar-refractivity contribution in [1.29, 1.82) is 5.41 Å². The van der Waals surface area contributed by atoms with E-state index in [-0.39, 0.29) is 11.9 Å². The van der Waals surface area contributed by atoms with E-state index in [9.17, 15) is 4.79 Å². The Morgan fingerprint density at radius 1 is 1.09 bits per heavy atom. The van der Waals surface area contributed by atoms with Crippen LogP contribution in [0.15, 0.2) is 66.9 Å². The van der Waals surface area contributed by atoms with Crippen LogP contribution in [0.25, 0.3) is 0 Å². The van der Waals surface area contributed by atoms with Gasteiger partial charge >= 0.3 is 0 Å². The van der Waals surface area contributed by atoms with Crippen molar-refractivity contribution < 1.29 is 9.53 Å². The number of nitrogens with two attached hydrogens (primary N) is 1. The van der Waals surface area contributed by atoms with Crippen molar-refractivity contribution in [3.63, 3.8) is 0 Å². The van der Waals surface area contributed by atoms with Gasteiger partial charge in [0.2, 0.25) is 0 Å². The Bertz CT molecular complexity index is 1180. The van der Waals surface area contributed by atoms with Gasteiger partial charge in [-0.1, -0.05) is 18.2 Å². The number of anilines is 2. The first-order chi connectivity index (χ1) is 16.5. The van der Waals surface area contributed by atoms with Crippen LogP contribution in [0.1, 0.15) is 53.0 Å². The Labute approximate surface area is 199 Å². The van der Waals surface area contributed by atoms with Crippen molar-refractivity contribution in [3.8, 4) is 0 Å². The quantitative estimate of drug-likeness (QED) is 0.386. The number of aromatic nitrogens is 1. The second kappa shape index (κ2) is 9.27. The van der Waals surface area contributed by atoms with Gasteiger partial charge in [0.05, 0.1) is 42.7 Å². The average molecular weight is 456 g/mol. The number of nitrogens with zero attached hydrogens (tertiary/aromatic N) is 2. The van der Waals surface area contributed by atoms with Crippen LogP contribution in [0.3, 0.4) is 0 Å². The van der Waals surface area contributed by atoms with Crippen molar-refractivity contribution in [3.05, 3.63) is 89.2 Å². The van der Waals surface area contributed by atoms with E-state index in [2.05, 4.69) is 27.3 Å². The number of pyridine rings is 1. The standard InChI is InChI=1S/C27H29N5O2/c1-17(25-4-2-3-13-30-25)31-27(33)19-7-12-24(28)23(14-19)26(29)18-5-8-20(9-6-18)32-21-10-11-22(32)16-34-15-21/h2-9,12-14,17,21-22,29H,10-11,15-16,28H2,1H3,(H,31,33)/t17-,21?,22?/m0/s1. The highest BCUT2D eigenvalue weighted by Crippen LogP contribution is 2.34. The highest BCUT2D eigenvalue weighted by molar-refractivity contribution is 6.15. The Morgan fingerprint density at radius 2 is 1.79 bits per heavy atom. The number of carbonyl (C=O) groups excluding carboxylic acids is 1. The molecule has 3 atom stereocenters. The zero-order valence-electron chi connectivity index (χ0n) is 19.2. The third kappa shape index (κ3) is 4.26. The average Bonchev–Trinajstić information content (AvgIpc) is 3.12. The number of nitrogen functional groups attached to an aromatic ring is 1. The number of nitrogens with one attached hydrogen (secondary N) is 2. The number of rotatable bonds is 6. The molecule has 3 aromatic rings. The Balaban J connectivity index is 1.33. The molecule has 2 fully saturated rings. The maximum Gasteiger partial charge on any atom is 0.251 e. The third-order valence-corrected chi connectivity index (χ3v) is 6.76. The predicted molar refractivity (Wildman–Crippen MR) is 133 cm³/mol. The summed E-state index contributed by atoms with van der Waals surface area (Å²) in [6, 6.07) is 19.4. The molecule has 174 valence electrons. The molecule has 0 aliphatic carbocycles. The lowest BCUT2D eigenvalue weighted by Crippen LogP contribution is -2.45. The van der Waals surface area contributed by atoms with Crippen LogP contribution in [-0.4, -0.2) is 41.9 Å². The van der Waals surface area contributed by atoms with Crippen molar-refractivity contribution in [2.24, 2.45) is 0 Å². The second-order valence-electron chi connectivity index (χ2n) is 9.00. The number of morpholine rings is 1. The number of hydrogen-bond acceptors (Lipinski definition) is 6. The van der Waals surface area contributed by atoms with Crippen molar-refractivity contribution >= 4 is 23.0 Å². The minimum atomic E-state index is -0.239. The summed E-state index contributed by atoms with van der Waals surface area (Å²) in [4.78, 5) is 19.6. The molecule has 0 saturated carbocycles. The number of benzene rings is 2. The van der Waals surface area contributed by atoms with Gasteiger partial charge in [-0.15, -0.1) is 0 Å². The SMILES string of the molecule is C[C@H](NC(=O)c1ccc(N)c(C(=N)c2ccc(N3C4CCC3COC4)cc2)c1)c1ccccn1. The molecule has 34 heavy (non-hydrogen) atoms. The first-order valence-electron chi connectivity index (χ1n) is 11.7. The zero-order valence-corrected chi connectivity index (χ0v) is 19.2. The summed E-state index contributed by atoms with van der Waals surface area (Å²) >= 11 is 0. The summed E-state index contributed by atoms with van der Waals surface area (Å²) in [6.07, 6.45) is 4.02. The van der Waals surface area contributed by atoms with E-state index in [1.165, 1.54) is 0 Å². The lowest BCUT2D eigenvalue weighted by Gasteiger charge is -2.36. The normalized spacial score (nSPS) is 20.1. The monoisotopic (exact) mass is 455 g/mol. The fraction of sp³-hybridized carbons (Fsp3) is 0.296. The highest BCUT2D eigenvalue weighted by Gasteiger charge is 2.37. The molecular formula is C27H29N5O2. The summed E-state index contributed by atoms with van der Waals surface area (Å²) in [7, 11) is 0. The summed E-state index contributed by atoms with van der Waals surface area (Å²) in [6.45, 7) is 3.44. The van der Waals surface area contributed by atoms with Gasteiger partial charge in [-0.2, -0.15) is 0 Å². The smallest absolute Gasteiger partial charge is 0.251 e. The maximum absolute atomic E-state index is 12.9. The van der Waals surface area contributed by atoms with Gasteiger partial charge in [-0.3, -0.25) is 15.2 Å². The van der Waals surface area contributed by atoms with Crippen LogP contribution in [-0.2, 0) is 4.74 Å². The van der Waals surface area contributed by atoms with E-state index in [1.54, 1.807) is 24.4 Å². The van der Waals surface area contributed by atoms with Crippen molar-refractivity contribution in [2.45, 2.75) is 37.9 Å². The lowest BCUT2D eigenvalue weighted by atomic mass is 9.98. The molecule has 7 nitrogen and oxygen atoms in total. The summed E-state index contributed by atoms with van der Waals surface area (Å²) in [5.41, 5.74) is 10.7. The molecule has 2 unspecified atom stereocenters. The number of carbonyl (C=O) groups is 1. The van der Waals surface area contributed by atoms with Crippen LogP contribution in [0.5, 0.6) is 0 Å². The van der Waals surface area contributed by atoms with E-state index >= 15 is 0 Å². The van der Waals surface area contributed by atoms with Gasteiger partial charge in [0.25, 0.3) is 5.91 Å². The first kappa shape index (κ1) is 22.1. The van der Waals surface area contributed by atoms with Crippen LogP contribution in [0.4, 0.5) is 11.4 Å². The molecule has 0 spiro atoms. The van der Waals surface area contributed by atoms with E-state index in [0.717, 1.165) is 43.0 Å². The van der Waals surface area contributed by atoms with Crippen LogP contribution >= 0.6 is 0 Å². The van der Waals surface area contributed by atoms with Crippen molar-refractivity contribution in [2.75, 3.05) is 23.8 Å². The number of fused-ring (bicyclic) bond motifs is 2. The van der Waals surface area contributed by atoms with Crippen molar-refractivity contribution in [1.82, 2.24) is 10.3 Å². The molecule has 1 aromatic heterocycles. The molecule has 2 saturated heterocycles. The van der Waals surface area contributed by atoms with Gasteiger partial charge in [-0.25, -0.2) is 0 Å². The maximum atomic E-state index is 12.9. The number of ether oxygens (including phenoxy) is 1. The summed E-state index contributed by atoms with van der Waals surface area (Å²) in [5.74, 6) is -0.231. The molecule has 0 radical (unpaired) electrons.